The molecule has 0 N–H and O–H groups in total. The van der Waals surface area contributed by atoms with Gasteiger partial charge < -0.3 is 4.84 Å². The maximum atomic E-state index is 12.4. The third kappa shape index (κ3) is 3.07. The molecule has 26 heavy (non-hydrogen) atoms. The van der Waals surface area contributed by atoms with Gasteiger partial charge in [-0.3, -0.25) is 9.59 Å². The van der Waals surface area contributed by atoms with Crippen LogP contribution in [0, 0.1) is 0 Å². The van der Waals surface area contributed by atoms with Crippen molar-refractivity contribution < 1.29 is 27.6 Å². The number of hydroxylamine groups is 2. The molecule has 0 fully saturated rings. The van der Waals surface area contributed by atoms with E-state index in [4.69, 9.17) is 28.0 Å². The zero-order valence-corrected chi connectivity index (χ0v) is 15.4. The molecule has 0 atom stereocenters. The van der Waals surface area contributed by atoms with Crippen LogP contribution in [0.15, 0.2) is 41.3 Å². The van der Waals surface area contributed by atoms with Crippen molar-refractivity contribution in [1.82, 2.24) is 5.06 Å². The minimum atomic E-state index is -3.74. The number of fused-ring (bicyclic) bond motifs is 1. The Morgan fingerprint density at radius 2 is 1.54 bits per heavy atom. The van der Waals surface area contributed by atoms with Gasteiger partial charge in [0.15, 0.2) is 9.84 Å². The van der Waals surface area contributed by atoms with E-state index in [-0.39, 0.29) is 31.6 Å². The third-order valence-electron chi connectivity index (χ3n) is 3.57. The molecule has 10 heteroatoms. The molecular formula is C16H9Cl2NO6S. The highest BCUT2D eigenvalue weighted by molar-refractivity contribution is 7.90. The number of benzene rings is 2. The fraction of sp³-hybridized carbons (Fsp3) is 0.0625. The molecule has 3 rings (SSSR count). The Hall–Kier alpha value is -2.42. The average molecular weight is 414 g/mol. The molecule has 0 unspecified atom stereocenters. The maximum Gasteiger partial charge on any atom is 0.365 e. The molecule has 1 heterocycles. The highest BCUT2D eigenvalue weighted by Gasteiger charge is 2.39. The van der Waals surface area contributed by atoms with Crippen molar-refractivity contribution in [1.29, 1.82) is 0 Å². The van der Waals surface area contributed by atoms with Crippen molar-refractivity contribution >= 4 is 50.8 Å². The van der Waals surface area contributed by atoms with Crippen LogP contribution >= 0.6 is 23.2 Å². The van der Waals surface area contributed by atoms with Gasteiger partial charge in [0, 0.05) is 6.26 Å². The smallest absolute Gasteiger partial charge is 0.324 e. The Morgan fingerprint density at radius 3 is 2.04 bits per heavy atom. The predicted octanol–water partition coefficient (Wildman–Crippen LogP) is 2.76. The molecule has 0 bridgehead atoms. The van der Waals surface area contributed by atoms with E-state index in [2.05, 4.69) is 0 Å². The second-order valence-electron chi connectivity index (χ2n) is 5.36. The number of carbonyl (C=O) groups is 3. The Balaban J connectivity index is 1.95. The first kappa shape index (κ1) is 18.4. The van der Waals surface area contributed by atoms with E-state index in [9.17, 15) is 22.8 Å². The highest BCUT2D eigenvalue weighted by atomic mass is 35.5. The predicted molar refractivity (Wildman–Crippen MR) is 91.9 cm³/mol. The number of amides is 2. The molecule has 2 aromatic rings. The first-order valence-corrected chi connectivity index (χ1v) is 9.65. The van der Waals surface area contributed by atoms with Crippen molar-refractivity contribution in [2.45, 2.75) is 4.90 Å². The summed E-state index contributed by atoms with van der Waals surface area (Å²) in [6.45, 7) is 0. The molecule has 0 aromatic heterocycles. The van der Waals surface area contributed by atoms with E-state index < -0.39 is 27.6 Å². The van der Waals surface area contributed by atoms with Gasteiger partial charge in [0.2, 0.25) is 0 Å². The number of hydrogen-bond acceptors (Lipinski definition) is 6. The molecule has 0 radical (unpaired) electrons. The van der Waals surface area contributed by atoms with Crippen molar-refractivity contribution in [3.63, 3.8) is 0 Å². The standard InChI is InChI=1S/C16H9Cl2NO6S/c1-26(23,24)13-6-10(11(17)7-12(13)18)16(22)25-19-14(20)8-4-2-3-5-9(8)15(19)21/h2-7H,1H3. The number of rotatable bonds is 3. The summed E-state index contributed by atoms with van der Waals surface area (Å²) >= 11 is 11.8. The SMILES string of the molecule is CS(=O)(=O)c1cc(C(=O)ON2C(=O)c3ccccc3C2=O)c(Cl)cc1Cl. The van der Waals surface area contributed by atoms with Crippen LogP contribution in [0.4, 0.5) is 0 Å². The molecule has 1 aliphatic heterocycles. The molecular weight excluding hydrogens is 405 g/mol. The van der Waals surface area contributed by atoms with Crippen LogP contribution in [-0.2, 0) is 14.7 Å². The van der Waals surface area contributed by atoms with Crippen molar-refractivity contribution in [2.24, 2.45) is 0 Å². The number of carbonyl (C=O) groups excluding carboxylic acids is 3. The van der Waals surface area contributed by atoms with E-state index >= 15 is 0 Å². The van der Waals surface area contributed by atoms with Gasteiger partial charge in [-0.25, -0.2) is 13.2 Å². The topological polar surface area (TPSA) is 97.8 Å². The zero-order valence-electron chi connectivity index (χ0n) is 13.0. The lowest BCUT2D eigenvalue weighted by Crippen LogP contribution is -2.32. The lowest BCUT2D eigenvalue weighted by molar-refractivity contribution is -0.0584. The molecule has 0 spiro atoms. The number of sulfone groups is 1. The summed E-state index contributed by atoms with van der Waals surface area (Å²) in [5, 5.41) is -0.0586. The number of nitrogens with zero attached hydrogens (tertiary/aromatic N) is 1. The van der Waals surface area contributed by atoms with Gasteiger partial charge in [-0.15, -0.1) is 0 Å². The van der Waals surface area contributed by atoms with E-state index in [0.29, 0.717) is 5.06 Å². The Kier molecular flexibility index (Phi) is 4.51. The summed E-state index contributed by atoms with van der Waals surface area (Å²) in [5.41, 5.74) is -0.179. The molecule has 0 aliphatic carbocycles. The Bertz CT molecular complexity index is 1050. The highest BCUT2D eigenvalue weighted by Crippen LogP contribution is 2.30. The summed E-state index contributed by atoms with van der Waals surface area (Å²) < 4.78 is 23.5. The van der Waals surface area contributed by atoms with Gasteiger partial charge >= 0.3 is 5.97 Å². The van der Waals surface area contributed by atoms with Crippen molar-refractivity contribution in [3.8, 4) is 0 Å². The first-order valence-electron chi connectivity index (χ1n) is 7.00. The number of halogens is 2. The van der Waals surface area contributed by atoms with E-state index in [1.165, 1.54) is 12.1 Å². The van der Waals surface area contributed by atoms with Gasteiger partial charge in [-0.1, -0.05) is 40.4 Å². The van der Waals surface area contributed by atoms with Crippen LogP contribution < -0.4 is 0 Å². The zero-order chi connectivity index (χ0) is 19.2. The molecule has 2 amide bonds. The minimum absolute atomic E-state index is 0.0873. The minimum Gasteiger partial charge on any atom is -0.324 e. The largest absolute Gasteiger partial charge is 0.365 e. The monoisotopic (exact) mass is 413 g/mol. The van der Waals surface area contributed by atoms with Crippen LogP contribution in [-0.4, -0.2) is 37.5 Å². The lowest BCUT2D eigenvalue weighted by Gasteiger charge is -2.14. The molecule has 2 aromatic carbocycles. The van der Waals surface area contributed by atoms with E-state index in [1.54, 1.807) is 12.1 Å². The van der Waals surface area contributed by atoms with Gasteiger partial charge in [0.1, 0.15) is 0 Å². The first-order chi connectivity index (χ1) is 12.1. The second kappa shape index (κ2) is 6.39. The summed E-state index contributed by atoms with van der Waals surface area (Å²) in [6.07, 6.45) is 0.904. The molecule has 0 saturated carbocycles. The lowest BCUT2D eigenvalue weighted by atomic mass is 10.1. The molecule has 1 aliphatic rings. The fourth-order valence-electron chi connectivity index (χ4n) is 2.35. The van der Waals surface area contributed by atoms with Gasteiger partial charge in [-0.2, -0.15) is 0 Å². The Morgan fingerprint density at radius 1 is 1.00 bits per heavy atom. The quantitative estimate of drug-likeness (QED) is 0.717. The summed E-state index contributed by atoms with van der Waals surface area (Å²) in [4.78, 5) is 41.3. The molecule has 134 valence electrons. The maximum absolute atomic E-state index is 12.4. The third-order valence-corrected chi connectivity index (χ3v) is 5.45. The summed E-state index contributed by atoms with van der Waals surface area (Å²) in [7, 11) is -3.74. The van der Waals surface area contributed by atoms with E-state index in [1.807, 2.05) is 0 Å². The summed E-state index contributed by atoms with van der Waals surface area (Å²) in [5.74, 6) is -2.80. The van der Waals surface area contributed by atoms with Gasteiger partial charge in [0.25, 0.3) is 11.8 Å². The van der Waals surface area contributed by atoms with Crippen molar-refractivity contribution in [3.05, 3.63) is 63.1 Å². The van der Waals surface area contributed by atoms with Crippen LogP contribution in [0.5, 0.6) is 0 Å². The number of hydrogen-bond donors (Lipinski definition) is 0. The van der Waals surface area contributed by atoms with E-state index in [0.717, 1.165) is 18.4 Å². The fourth-order valence-corrected chi connectivity index (χ4v) is 3.98. The van der Waals surface area contributed by atoms with Gasteiger partial charge in [-0.05, 0) is 24.3 Å². The van der Waals surface area contributed by atoms with Gasteiger partial charge in [0.05, 0.1) is 31.6 Å². The van der Waals surface area contributed by atoms with Crippen molar-refractivity contribution in [2.75, 3.05) is 6.26 Å². The average Bonchev–Trinajstić information content (AvgIpc) is 2.79. The molecule has 0 saturated heterocycles. The number of imide groups is 1. The Labute approximate surface area is 157 Å². The molecule has 7 nitrogen and oxygen atoms in total. The van der Waals surface area contributed by atoms with Crippen LogP contribution in [0.25, 0.3) is 0 Å². The summed E-state index contributed by atoms with van der Waals surface area (Å²) in [6, 6.07) is 7.95. The van der Waals surface area contributed by atoms with Crippen LogP contribution in [0.3, 0.4) is 0 Å². The second-order valence-corrected chi connectivity index (χ2v) is 8.16. The van der Waals surface area contributed by atoms with Crippen LogP contribution in [0.2, 0.25) is 10.0 Å². The normalized spacial score (nSPS) is 13.7. The van der Waals surface area contributed by atoms with Crippen LogP contribution in [0.1, 0.15) is 31.1 Å².